The highest BCUT2D eigenvalue weighted by Gasteiger charge is 2.24. The SMILES string of the molecule is COc1ccc(N2CC[NH+](CCNC(=O)C(=O)c3c(C)[nH]c4ccccc34)CC2)cc1. The minimum atomic E-state index is -0.538. The molecule has 2 aromatic carbocycles. The predicted octanol–water partition coefficient (Wildman–Crippen LogP) is 1.19. The van der Waals surface area contributed by atoms with Crippen LogP contribution in [-0.2, 0) is 4.79 Å². The number of para-hydroxylation sites is 1. The maximum absolute atomic E-state index is 12.7. The molecule has 1 amide bonds. The molecule has 7 nitrogen and oxygen atoms in total. The van der Waals surface area contributed by atoms with E-state index in [-0.39, 0.29) is 0 Å². The van der Waals surface area contributed by atoms with Crippen molar-refractivity contribution in [2.45, 2.75) is 6.92 Å². The fourth-order valence-electron chi connectivity index (χ4n) is 4.24. The summed E-state index contributed by atoms with van der Waals surface area (Å²) < 4.78 is 5.22. The first-order valence-corrected chi connectivity index (χ1v) is 10.7. The molecule has 1 aliphatic heterocycles. The van der Waals surface area contributed by atoms with Crippen molar-refractivity contribution in [2.24, 2.45) is 0 Å². The summed E-state index contributed by atoms with van der Waals surface area (Å²) in [7, 11) is 1.67. The van der Waals surface area contributed by atoms with E-state index in [0.29, 0.717) is 12.1 Å². The normalized spacial score (nSPS) is 14.6. The quantitative estimate of drug-likeness (QED) is 0.396. The molecule has 1 saturated heterocycles. The average Bonchev–Trinajstić information content (AvgIpc) is 3.14. The van der Waals surface area contributed by atoms with Crippen LogP contribution < -0.4 is 19.9 Å². The van der Waals surface area contributed by atoms with Gasteiger partial charge in [-0.25, -0.2) is 0 Å². The van der Waals surface area contributed by atoms with Crippen molar-refractivity contribution in [3.05, 3.63) is 59.8 Å². The number of aryl methyl sites for hydroxylation is 1. The Morgan fingerprint density at radius 3 is 2.52 bits per heavy atom. The second kappa shape index (κ2) is 9.22. The monoisotopic (exact) mass is 421 g/mol. The smallest absolute Gasteiger partial charge is 0.292 e. The van der Waals surface area contributed by atoms with Crippen molar-refractivity contribution < 1.29 is 19.2 Å². The molecule has 1 aliphatic rings. The lowest BCUT2D eigenvalue weighted by atomic mass is 10.1. The van der Waals surface area contributed by atoms with Gasteiger partial charge in [-0.3, -0.25) is 9.59 Å². The molecule has 31 heavy (non-hydrogen) atoms. The Bertz CT molecular complexity index is 1070. The molecule has 0 spiro atoms. The van der Waals surface area contributed by atoms with Gasteiger partial charge >= 0.3 is 0 Å². The molecule has 3 aromatic rings. The molecular weight excluding hydrogens is 392 g/mol. The number of aromatic nitrogens is 1. The average molecular weight is 422 g/mol. The number of quaternary nitrogens is 1. The number of H-pyrrole nitrogens is 1. The fourth-order valence-corrected chi connectivity index (χ4v) is 4.24. The number of aromatic amines is 1. The molecule has 0 radical (unpaired) electrons. The topological polar surface area (TPSA) is 78.9 Å². The molecular formula is C24H29N4O3+. The molecule has 1 fully saturated rings. The zero-order valence-electron chi connectivity index (χ0n) is 18.0. The van der Waals surface area contributed by atoms with Crippen LogP contribution in [0.2, 0.25) is 0 Å². The Hall–Kier alpha value is -3.32. The van der Waals surface area contributed by atoms with Crippen molar-refractivity contribution in [1.29, 1.82) is 0 Å². The summed E-state index contributed by atoms with van der Waals surface area (Å²) in [5.74, 6) is -0.153. The van der Waals surface area contributed by atoms with Crippen LogP contribution in [0.4, 0.5) is 5.69 Å². The van der Waals surface area contributed by atoms with Crippen molar-refractivity contribution in [3.63, 3.8) is 0 Å². The molecule has 162 valence electrons. The number of benzene rings is 2. The van der Waals surface area contributed by atoms with E-state index in [2.05, 4.69) is 27.3 Å². The molecule has 0 unspecified atom stereocenters. The number of methoxy groups -OCH3 is 1. The number of hydrogen-bond acceptors (Lipinski definition) is 4. The predicted molar refractivity (Wildman–Crippen MR) is 121 cm³/mol. The van der Waals surface area contributed by atoms with Crippen LogP contribution >= 0.6 is 0 Å². The second-order valence-corrected chi connectivity index (χ2v) is 7.94. The van der Waals surface area contributed by atoms with Gasteiger partial charge in [-0.05, 0) is 37.3 Å². The zero-order chi connectivity index (χ0) is 21.8. The summed E-state index contributed by atoms with van der Waals surface area (Å²) in [6.07, 6.45) is 0. The van der Waals surface area contributed by atoms with E-state index in [0.717, 1.165) is 55.1 Å². The van der Waals surface area contributed by atoms with Gasteiger partial charge in [-0.1, -0.05) is 18.2 Å². The standard InChI is InChI=1S/C24H28N4O3/c1-17-22(20-5-3-4-6-21(20)26-17)23(29)24(30)25-11-12-27-13-15-28(16-14-27)18-7-9-19(31-2)10-8-18/h3-10,26H,11-16H2,1-2H3,(H,25,30)/p+1. The fraction of sp³-hybridized carbons (Fsp3) is 0.333. The van der Waals surface area contributed by atoms with Gasteiger partial charge in [0.05, 0.1) is 51.9 Å². The van der Waals surface area contributed by atoms with Gasteiger partial charge < -0.3 is 24.8 Å². The molecule has 0 saturated carbocycles. The summed E-state index contributed by atoms with van der Waals surface area (Å²) in [5, 5.41) is 3.61. The summed E-state index contributed by atoms with van der Waals surface area (Å²) in [5.41, 5.74) is 3.26. The number of fused-ring (bicyclic) bond motifs is 1. The van der Waals surface area contributed by atoms with Crippen molar-refractivity contribution >= 4 is 28.3 Å². The lowest BCUT2D eigenvalue weighted by Crippen LogP contribution is -3.15. The minimum Gasteiger partial charge on any atom is -0.497 e. The Kier molecular flexibility index (Phi) is 6.23. The number of rotatable bonds is 7. The first kappa shape index (κ1) is 20.9. The third-order valence-electron chi connectivity index (χ3n) is 6.00. The largest absolute Gasteiger partial charge is 0.497 e. The van der Waals surface area contributed by atoms with Gasteiger partial charge in [0.25, 0.3) is 11.7 Å². The molecule has 1 aromatic heterocycles. The number of nitrogens with one attached hydrogen (secondary N) is 3. The van der Waals surface area contributed by atoms with Crippen LogP contribution in [0.15, 0.2) is 48.5 Å². The lowest BCUT2D eigenvalue weighted by molar-refractivity contribution is -0.899. The number of amides is 1. The number of anilines is 1. The van der Waals surface area contributed by atoms with E-state index in [1.165, 1.54) is 10.6 Å². The number of carbonyl (C=O) groups is 2. The summed E-state index contributed by atoms with van der Waals surface area (Å²) in [6.45, 7) is 7.04. The number of nitrogens with zero attached hydrogens (tertiary/aromatic N) is 1. The number of Topliss-reactive ketones (excluding diaryl/α,β-unsaturated/α-hetero) is 1. The molecule has 4 rings (SSSR count). The Morgan fingerprint density at radius 1 is 1.10 bits per heavy atom. The summed E-state index contributed by atoms with van der Waals surface area (Å²) >= 11 is 0. The van der Waals surface area contributed by atoms with E-state index in [1.54, 1.807) is 7.11 Å². The van der Waals surface area contributed by atoms with Gasteiger partial charge in [0, 0.05) is 22.3 Å². The van der Waals surface area contributed by atoms with Gasteiger partial charge in [0.1, 0.15) is 5.75 Å². The van der Waals surface area contributed by atoms with Crippen molar-refractivity contribution in [3.8, 4) is 5.75 Å². The number of ketones is 1. The van der Waals surface area contributed by atoms with E-state index < -0.39 is 11.7 Å². The van der Waals surface area contributed by atoms with Crippen LogP contribution in [0.1, 0.15) is 16.1 Å². The number of piperazine rings is 1. The minimum absolute atomic E-state index is 0.466. The van der Waals surface area contributed by atoms with Gasteiger partial charge in [0.15, 0.2) is 0 Å². The Labute approximate surface area is 182 Å². The molecule has 7 heteroatoms. The number of carbonyl (C=O) groups excluding carboxylic acids is 2. The van der Waals surface area contributed by atoms with E-state index in [1.807, 2.05) is 43.3 Å². The molecule has 0 bridgehead atoms. The zero-order valence-corrected chi connectivity index (χ0v) is 18.0. The van der Waals surface area contributed by atoms with Gasteiger partial charge in [-0.15, -0.1) is 0 Å². The van der Waals surface area contributed by atoms with Crippen molar-refractivity contribution in [1.82, 2.24) is 10.3 Å². The van der Waals surface area contributed by atoms with Crippen LogP contribution in [0.25, 0.3) is 10.9 Å². The first-order valence-electron chi connectivity index (χ1n) is 10.7. The highest BCUT2D eigenvalue weighted by molar-refractivity contribution is 6.45. The summed E-state index contributed by atoms with van der Waals surface area (Å²) in [4.78, 5) is 32.2. The first-order chi connectivity index (χ1) is 15.1. The Balaban J connectivity index is 1.25. The van der Waals surface area contributed by atoms with Crippen molar-refractivity contribution in [2.75, 3.05) is 51.3 Å². The van der Waals surface area contributed by atoms with Crippen LogP contribution in [0, 0.1) is 6.92 Å². The third kappa shape index (κ3) is 4.56. The van der Waals surface area contributed by atoms with Crippen LogP contribution in [0.5, 0.6) is 5.75 Å². The molecule has 0 atom stereocenters. The molecule has 3 N–H and O–H groups in total. The number of hydrogen-bond donors (Lipinski definition) is 3. The van der Waals surface area contributed by atoms with E-state index in [4.69, 9.17) is 4.74 Å². The highest BCUT2D eigenvalue weighted by atomic mass is 16.5. The van der Waals surface area contributed by atoms with Crippen LogP contribution in [-0.4, -0.2) is 63.1 Å². The number of ether oxygens (including phenoxy) is 1. The lowest BCUT2D eigenvalue weighted by Gasteiger charge is -2.33. The second-order valence-electron chi connectivity index (χ2n) is 7.94. The van der Waals surface area contributed by atoms with Gasteiger partial charge in [-0.2, -0.15) is 0 Å². The van der Waals surface area contributed by atoms with Crippen LogP contribution in [0.3, 0.4) is 0 Å². The summed E-state index contributed by atoms with van der Waals surface area (Å²) in [6, 6.07) is 15.7. The van der Waals surface area contributed by atoms with E-state index in [9.17, 15) is 9.59 Å². The molecule has 2 heterocycles. The highest BCUT2D eigenvalue weighted by Crippen LogP contribution is 2.22. The Morgan fingerprint density at radius 2 is 1.81 bits per heavy atom. The third-order valence-corrected chi connectivity index (χ3v) is 6.00. The van der Waals surface area contributed by atoms with E-state index >= 15 is 0 Å². The van der Waals surface area contributed by atoms with Gasteiger partial charge in [0.2, 0.25) is 0 Å². The maximum Gasteiger partial charge on any atom is 0.292 e. The molecule has 0 aliphatic carbocycles. The maximum atomic E-state index is 12.7.